The van der Waals surface area contributed by atoms with Crippen LogP contribution in [0.1, 0.15) is 5.56 Å². The molecule has 1 aromatic heterocycles. The SMILES string of the molecule is Cc1cc(Br)ccc1NC(=O)CNc1ncccc1[N+](=O)[O-]. The molecule has 22 heavy (non-hydrogen) atoms. The number of carbonyl (C=O) groups excluding carboxylic acids is 1. The lowest BCUT2D eigenvalue weighted by atomic mass is 10.2. The Balaban J connectivity index is 2.00. The van der Waals surface area contributed by atoms with Gasteiger partial charge in [-0.25, -0.2) is 4.98 Å². The Morgan fingerprint density at radius 1 is 1.41 bits per heavy atom. The number of rotatable bonds is 5. The summed E-state index contributed by atoms with van der Waals surface area (Å²) in [6, 6.07) is 8.27. The number of benzene rings is 1. The van der Waals surface area contributed by atoms with Crippen molar-refractivity contribution >= 4 is 39.0 Å². The van der Waals surface area contributed by atoms with E-state index in [0.29, 0.717) is 5.69 Å². The molecular formula is C14H13BrN4O3. The largest absolute Gasteiger partial charge is 0.355 e. The van der Waals surface area contributed by atoms with Crippen molar-refractivity contribution < 1.29 is 9.72 Å². The van der Waals surface area contributed by atoms with Gasteiger partial charge in [-0.2, -0.15) is 0 Å². The van der Waals surface area contributed by atoms with Crippen LogP contribution in [0, 0.1) is 17.0 Å². The maximum atomic E-state index is 11.9. The van der Waals surface area contributed by atoms with Gasteiger partial charge in [-0.05, 0) is 36.8 Å². The molecule has 2 aromatic rings. The third kappa shape index (κ3) is 4.01. The zero-order valence-electron chi connectivity index (χ0n) is 11.7. The summed E-state index contributed by atoms with van der Waals surface area (Å²) >= 11 is 3.35. The van der Waals surface area contributed by atoms with E-state index in [1.54, 1.807) is 6.07 Å². The van der Waals surface area contributed by atoms with E-state index in [4.69, 9.17) is 0 Å². The lowest BCUT2D eigenvalue weighted by Crippen LogP contribution is -2.22. The first kappa shape index (κ1) is 15.9. The number of nitro groups is 1. The summed E-state index contributed by atoms with van der Waals surface area (Å²) in [5, 5.41) is 16.3. The number of anilines is 2. The topological polar surface area (TPSA) is 97.2 Å². The van der Waals surface area contributed by atoms with E-state index >= 15 is 0 Å². The summed E-state index contributed by atoms with van der Waals surface area (Å²) < 4.78 is 0.922. The van der Waals surface area contributed by atoms with Gasteiger partial charge in [0.1, 0.15) is 0 Å². The quantitative estimate of drug-likeness (QED) is 0.627. The van der Waals surface area contributed by atoms with Crippen LogP contribution in [0.4, 0.5) is 17.2 Å². The molecule has 0 atom stereocenters. The highest BCUT2D eigenvalue weighted by Gasteiger charge is 2.14. The molecule has 0 saturated carbocycles. The van der Waals surface area contributed by atoms with Gasteiger partial charge >= 0.3 is 5.69 Å². The number of carbonyl (C=O) groups is 1. The average molecular weight is 365 g/mol. The summed E-state index contributed by atoms with van der Waals surface area (Å²) in [5.74, 6) is -0.249. The van der Waals surface area contributed by atoms with E-state index in [1.807, 2.05) is 19.1 Å². The fourth-order valence-corrected chi connectivity index (χ4v) is 2.28. The van der Waals surface area contributed by atoms with Crippen LogP contribution in [0.15, 0.2) is 41.0 Å². The molecular weight excluding hydrogens is 352 g/mol. The van der Waals surface area contributed by atoms with E-state index < -0.39 is 4.92 Å². The number of hydrogen-bond donors (Lipinski definition) is 2. The van der Waals surface area contributed by atoms with Crippen molar-refractivity contribution in [2.75, 3.05) is 17.2 Å². The Labute approximate surface area is 135 Å². The smallest absolute Gasteiger partial charge is 0.311 e. The molecule has 1 amide bonds. The van der Waals surface area contributed by atoms with Crippen LogP contribution in [-0.2, 0) is 4.79 Å². The third-order valence-corrected chi connectivity index (χ3v) is 3.36. The van der Waals surface area contributed by atoms with E-state index in [1.165, 1.54) is 18.3 Å². The van der Waals surface area contributed by atoms with Crippen LogP contribution in [0.25, 0.3) is 0 Å². The lowest BCUT2D eigenvalue weighted by molar-refractivity contribution is -0.384. The zero-order chi connectivity index (χ0) is 16.1. The summed E-state index contributed by atoms with van der Waals surface area (Å²) in [6.07, 6.45) is 1.42. The Morgan fingerprint density at radius 3 is 2.86 bits per heavy atom. The van der Waals surface area contributed by atoms with E-state index in [9.17, 15) is 14.9 Å². The highest BCUT2D eigenvalue weighted by molar-refractivity contribution is 9.10. The average Bonchev–Trinajstić information content (AvgIpc) is 2.48. The molecule has 0 bridgehead atoms. The van der Waals surface area contributed by atoms with Crippen molar-refractivity contribution in [1.29, 1.82) is 0 Å². The van der Waals surface area contributed by atoms with Crippen molar-refractivity contribution in [3.8, 4) is 0 Å². The van der Waals surface area contributed by atoms with Gasteiger partial charge in [0.25, 0.3) is 0 Å². The minimum absolute atomic E-state index is 0.0650. The van der Waals surface area contributed by atoms with Crippen molar-refractivity contribution in [2.45, 2.75) is 6.92 Å². The van der Waals surface area contributed by atoms with Gasteiger partial charge in [0.2, 0.25) is 11.7 Å². The highest BCUT2D eigenvalue weighted by atomic mass is 79.9. The first-order valence-corrected chi connectivity index (χ1v) is 7.16. The van der Waals surface area contributed by atoms with E-state index in [2.05, 4.69) is 31.5 Å². The van der Waals surface area contributed by atoms with Crippen LogP contribution in [0.5, 0.6) is 0 Å². The summed E-state index contributed by atoms with van der Waals surface area (Å²) in [5.41, 5.74) is 1.42. The Bertz CT molecular complexity index is 721. The zero-order valence-corrected chi connectivity index (χ0v) is 13.3. The third-order valence-electron chi connectivity index (χ3n) is 2.86. The summed E-state index contributed by atoms with van der Waals surface area (Å²) in [6.45, 7) is 1.75. The number of aromatic nitrogens is 1. The molecule has 2 N–H and O–H groups in total. The van der Waals surface area contributed by atoms with Crippen LogP contribution < -0.4 is 10.6 Å². The number of aryl methyl sites for hydroxylation is 1. The van der Waals surface area contributed by atoms with Gasteiger partial charge in [0.15, 0.2) is 0 Å². The normalized spacial score (nSPS) is 10.1. The van der Waals surface area contributed by atoms with E-state index in [-0.39, 0.29) is 24.0 Å². The van der Waals surface area contributed by atoms with Crippen molar-refractivity contribution in [1.82, 2.24) is 4.98 Å². The summed E-state index contributed by atoms with van der Waals surface area (Å²) in [7, 11) is 0. The first-order valence-electron chi connectivity index (χ1n) is 6.36. The number of nitrogens with zero attached hydrogens (tertiary/aromatic N) is 2. The predicted octanol–water partition coefficient (Wildman–Crippen LogP) is 3.11. The molecule has 0 spiro atoms. The van der Waals surface area contributed by atoms with Gasteiger partial charge < -0.3 is 10.6 Å². The predicted molar refractivity (Wildman–Crippen MR) is 86.9 cm³/mol. The van der Waals surface area contributed by atoms with Crippen LogP contribution >= 0.6 is 15.9 Å². The maximum Gasteiger partial charge on any atom is 0.311 e. The molecule has 114 valence electrons. The van der Waals surface area contributed by atoms with Gasteiger partial charge in [0.05, 0.1) is 11.5 Å². The molecule has 1 aromatic carbocycles. The number of halogens is 1. The first-order chi connectivity index (χ1) is 10.5. The van der Waals surface area contributed by atoms with Crippen LogP contribution in [-0.4, -0.2) is 22.4 Å². The fraction of sp³-hybridized carbons (Fsp3) is 0.143. The monoisotopic (exact) mass is 364 g/mol. The van der Waals surface area contributed by atoms with Gasteiger partial charge in [-0.15, -0.1) is 0 Å². The molecule has 0 saturated heterocycles. The van der Waals surface area contributed by atoms with Crippen molar-refractivity contribution in [2.24, 2.45) is 0 Å². The van der Waals surface area contributed by atoms with Crippen LogP contribution in [0.3, 0.4) is 0 Å². The lowest BCUT2D eigenvalue weighted by Gasteiger charge is -2.10. The van der Waals surface area contributed by atoms with E-state index in [0.717, 1.165) is 10.0 Å². The number of amides is 1. The van der Waals surface area contributed by atoms with Gasteiger partial charge in [-0.3, -0.25) is 14.9 Å². The molecule has 0 aliphatic rings. The summed E-state index contributed by atoms with van der Waals surface area (Å²) in [4.78, 5) is 26.1. The van der Waals surface area contributed by atoms with Crippen LogP contribution in [0.2, 0.25) is 0 Å². The van der Waals surface area contributed by atoms with Gasteiger partial charge in [-0.1, -0.05) is 15.9 Å². The molecule has 7 nitrogen and oxygen atoms in total. The molecule has 0 aliphatic heterocycles. The van der Waals surface area contributed by atoms with Gasteiger partial charge in [0, 0.05) is 22.4 Å². The number of hydrogen-bond acceptors (Lipinski definition) is 5. The Kier molecular flexibility index (Phi) is 5.05. The molecule has 0 fully saturated rings. The highest BCUT2D eigenvalue weighted by Crippen LogP contribution is 2.21. The molecule has 0 aliphatic carbocycles. The van der Waals surface area contributed by atoms with Crippen molar-refractivity contribution in [3.63, 3.8) is 0 Å². The molecule has 8 heteroatoms. The number of nitrogens with one attached hydrogen (secondary N) is 2. The van der Waals surface area contributed by atoms with Crippen molar-refractivity contribution in [3.05, 3.63) is 56.7 Å². The molecule has 1 heterocycles. The Hall–Kier alpha value is -2.48. The Morgan fingerprint density at radius 2 is 2.18 bits per heavy atom. The standard InChI is InChI=1S/C14H13BrN4O3/c1-9-7-10(15)4-5-11(9)18-13(20)8-17-14-12(19(21)22)3-2-6-16-14/h2-7H,8H2,1H3,(H,16,17)(H,18,20). The number of pyridine rings is 1. The fourth-order valence-electron chi connectivity index (χ4n) is 1.81. The minimum Gasteiger partial charge on any atom is -0.355 e. The second kappa shape index (κ2) is 6.99. The minimum atomic E-state index is -0.549. The second-order valence-corrected chi connectivity index (χ2v) is 5.40. The maximum absolute atomic E-state index is 11.9. The second-order valence-electron chi connectivity index (χ2n) is 4.49. The molecule has 0 radical (unpaired) electrons. The molecule has 0 unspecified atom stereocenters. The molecule has 2 rings (SSSR count).